The first-order valence-corrected chi connectivity index (χ1v) is 9.27. The third kappa shape index (κ3) is 5.65. The first kappa shape index (κ1) is 16.3. The maximum absolute atomic E-state index is 11.3. The summed E-state index contributed by atoms with van der Waals surface area (Å²) in [6.07, 6.45) is 3.07. The molecule has 0 amide bonds. The number of ether oxygens (including phenoxy) is 1. The van der Waals surface area contributed by atoms with Crippen LogP contribution in [0.25, 0.3) is 0 Å². The van der Waals surface area contributed by atoms with E-state index in [-0.39, 0.29) is 6.04 Å². The molecule has 1 saturated heterocycles. The summed E-state index contributed by atoms with van der Waals surface area (Å²) in [5.74, 6) is 0.902. The largest absolute Gasteiger partial charge is 0.494 e. The summed E-state index contributed by atoms with van der Waals surface area (Å²) in [7, 11) is -3.12. The third-order valence-corrected chi connectivity index (χ3v) is 4.19. The lowest BCUT2D eigenvalue weighted by Gasteiger charge is -2.17. The van der Waals surface area contributed by atoms with Crippen LogP contribution in [-0.2, 0) is 16.6 Å². The maximum Gasteiger partial charge on any atom is 0.208 e. The van der Waals surface area contributed by atoms with Crippen molar-refractivity contribution in [3.05, 3.63) is 29.8 Å². The summed E-state index contributed by atoms with van der Waals surface area (Å²) in [5, 5.41) is 0. The number of rotatable bonds is 7. The lowest BCUT2D eigenvalue weighted by atomic mass is 10.2. The van der Waals surface area contributed by atoms with E-state index in [0.717, 1.165) is 44.8 Å². The van der Waals surface area contributed by atoms with Gasteiger partial charge >= 0.3 is 0 Å². The van der Waals surface area contributed by atoms with Gasteiger partial charge in [0.25, 0.3) is 0 Å². The Morgan fingerprint density at radius 2 is 2.24 bits per heavy atom. The van der Waals surface area contributed by atoms with Gasteiger partial charge in [-0.05, 0) is 30.5 Å². The standard InChI is InChI=1S/C15H24N2O3S/c1-3-9-20-15-6-4-5-13(10-15)11-17-8-7-14(12-17)16-21(2,18)19/h4-6,10,14,16H,3,7-9,11-12H2,1-2H3. The van der Waals surface area contributed by atoms with Crippen LogP contribution in [0.15, 0.2) is 24.3 Å². The Hall–Kier alpha value is -1.11. The van der Waals surface area contributed by atoms with Crippen molar-refractivity contribution in [2.75, 3.05) is 26.0 Å². The number of nitrogens with zero attached hydrogens (tertiary/aromatic N) is 1. The van der Waals surface area contributed by atoms with Gasteiger partial charge in [0.2, 0.25) is 10.0 Å². The van der Waals surface area contributed by atoms with Crippen molar-refractivity contribution in [1.82, 2.24) is 9.62 Å². The van der Waals surface area contributed by atoms with Crippen LogP contribution in [0.4, 0.5) is 0 Å². The SMILES string of the molecule is CCCOc1cccc(CN2CCC(NS(C)(=O)=O)C2)c1. The predicted octanol–water partition coefficient (Wildman–Crippen LogP) is 1.60. The molecule has 2 rings (SSSR count). The van der Waals surface area contributed by atoms with Gasteiger partial charge in [0.15, 0.2) is 0 Å². The highest BCUT2D eigenvalue weighted by Crippen LogP contribution is 2.18. The molecule has 1 N–H and O–H groups in total. The molecular weight excluding hydrogens is 288 g/mol. The van der Waals surface area contributed by atoms with Gasteiger partial charge in [0.05, 0.1) is 12.9 Å². The van der Waals surface area contributed by atoms with E-state index in [2.05, 4.69) is 28.7 Å². The monoisotopic (exact) mass is 312 g/mol. The lowest BCUT2D eigenvalue weighted by Crippen LogP contribution is -2.36. The van der Waals surface area contributed by atoms with Gasteiger partial charge in [0.1, 0.15) is 5.75 Å². The van der Waals surface area contributed by atoms with Crippen molar-refractivity contribution < 1.29 is 13.2 Å². The number of benzene rings is 1. The zero-order chi connectivity index (χ0) is 15.3. The van der Waals surface area contributed by atoms with Gasteiger partial charge < -0.3 is 4.74 Å². The van der Waals surface area contributed by atoms with Crippen LogP contribution in [0.1, 0.15) is 25.3 Å². The minimum Gasteiger partial charge on any atom is -0.494 e. The van der Waals surface area contributed by atoms with Crippen molar-refractivity contribution in [3.63, 3.8) is 0 Å². The van der Waals surface area contributed by atoms with Gasteiger partial charge in [-0.25, -0.2) is 13.1 Å². The van der Waals surface area contributed by atoms with Crippen molar-refractivity contribution in [2.45, 2.75) is 32.4 Å². The second-order valence-corrected chi connectivity index (χ2v) is 7.39. The molecule has 1 aliphatic rings. The molecule has 0 radical (unpaired) electrons. The van der Waals surface area contributed by atoms with E-state index >= 15 is 0 Å². The van der Waals surface area contributed by atoms with Gasteiger partial charge in [-0.1, -0.05) is 19.1 Å². The molecule has 0 saturated carbocycles. The van der Waals surface area contributed by atoms with Crippen molar-refractivity contribution >= 4 is 10.0 Å². The summed E-state index contributed by atoms with van der Waals surface area (Å²) in [6, 6.07) is 8.14. The van der Waals surface area contributed by atoms with E-state index in [0.29, 0.717) is 0 Å². The molecule has 0 bridgehead atoms. The second-order valence-electron chi connectivity index (χ2n) is 5.61. The van der Waals surface area contributed by atoms with Crippen molar-refractivity contribution in [3.8, 4) is 5.75 Å². The average molecular weight is 312 g/mol. The van der Waals surface area contributed by atoms with E-state index in [4.69, 9.17) is 4.74 Å². The zero-order valence-electron chi connectivity index (χ0n) is 12.7. The first-order valence-electron chi connectivity index (χ1n) is 7.37. The Labute approximate surface area is 127 Å². The van der Waals surface area contributed by atoms with Crippen molar-refractivity contribution in [2.24, 2.45) is 0 Å². The summed E-state index contributed by atoms with van der Waals surface area (Å²) < 4.78 is 30.8. The Balaban J connectivity index is 1.88. The van der Waals surface area contributed by atoms with Crippen LogP contribution in [0, 0.1) is 0 Å². The van der Waals surface area contributed by atoms with Crippen LogP contribution in [0.3, 0.4) is 0 Å². The molecule has 1 aromatic carbocycles. The molecule has 1 aliphatic heterocycles. The summed E-state index contributed by atoms with van der Waals surface area (Å²) in [6.45, 7) is 5.31. The minimum absolute atomic E-state index is 0.0273. The Bertz CT molecular complexity index is 560. The summed E-state index contributed by atoms with van der Waals surface area (Å²) in [4.78, 5) is 2.27. The fourth-order valence-corrected chi connectivity index (χ4v) is 3.38. The molecule has 0 spiro atoms. The van der Waals surface area contributed by atoms with Gasteiger partial charge in [-0.2, -0.15) is 0 Å². The van der Waals surface area contributed by atoms with E-state index < -0.39 is 10.0 Å². The minimum atomic E-state index is -3.12. The molecule has 1 fully saturated rings. The fraction of sp³-hybridized carbons (Fsp3) is 0.600. The second kappa shape index (κ2) is 7.24. The highest BCUT2D eigenvalue weighted by Gasteiger charge is 2.24. The summed E-state index contributed by atoms with van der Waals surface area (Å²) >= 11 is 0. The van der Waals surface area contributed by atoms with E-state index in [1.54, 1.807) is 0 Å². The van der Waals surface area contributed by atoms with Crippen LogP contribution < -0.4 is 9.46 Å². The molecular formula is C15H24N2O3S. The number of likely N-dealkylation sites (tertiary alicyclic amines) is 1. The molecule has 1 atom stereocenters. The molecule has 6 heteroatoms. The molecule has 0 aliphatic carbocycles. The molecule has 1 aromatic rings. The molecule has 5 nitrogen and oxygen atoms in total. The fourth-order valence-electron chi connectivity index (χ4n) is 2.59. The number of sulfonamides is 1. The van der Waals surface area contributed by atoms with Gasteiger partial charge in [-0.3, -0.25) is 4.90 Å². The van der Waals surface area contributed by atoms with Crippen molar-refractivity contribution in [1.29, 1.82) is 0 Å². The molecule has 21 heavy (non-hydrogen) atoms. The topological polar surface area (TPSA) is 58.6 Å². The highest BCUT2D eigenvalue weighted by atomic mass is 32.2. The van der Waals surface area contributed by atoms with E-state index in [1.165, 1.54) is 11.8 Å². The Kier molecular flexibility index (Phi) is 5.61. The molecule has 1 heterocycles. The van der Waals surface area contributed by atoms with E-state index in [1.807, 2.05) is 12.1 Å². The predicted molar refractivity (Wildman–Crippen MR) is 83.9 cm³/mol. The lowest BCUT2D eigenvalue weighted by molar-refractivity contribution is 0.311. The van der Waals surface area contributed by atoms with Gasteiger partial charge in [-0.15, -0.1) is 0 Å². The number of hydrogen-bond donors (Lipinski definition) is 1. The van der Waals surface area contributed by atoms with Gasteiger partial charge in [0, 0.05) is 25.7 Å². The molecule has 1 unspecified atom stereocenters. The Morgan fingerprint density at radius 3 is 2.95 bits per heavy atom. The quantitative estimate of drug-likeness (QED) is 0.831. The smallest absolute Gasteiger partial charge is 0.208 e. The molecule has 0 aromatic heterocycles. The first-order chi connectivity index (χ1) is 9.96. The summed E-state index contributed by atoms with van der Waals surface area (Å²) in [5.41, 5.74) is 1.20. The normalized spacial score (nSPS) is 19.8. The number of hydrogen-bond acceptors (Lipinski definition) is 4. The third-order valence-electron chi connectivity index (χ3n) is 3.43. The molecule has 118 valence electrons. The maximum atomic E-state index is 11.3. The average Bonchev–Trinajstić information content (AvgIpc) is 2.81. The number of nitrogens with one attached hydrogen (secondary N) is 1. The van der Waals surface area contributed by atoms with Crippen LogP contribution in [0.5, 0.6) is 5.75 Å². The van der Waals surface area contributed by atoms with E-state index in [9.17, 15) is 8.42 Å². The van der Waals surface area contributed by atoms with Crippen LogP contribution in [-0.4, -0.2) is 45.3 Å². The Morgan fingerprint density at radius 1 is 1.43 bits per heavy atom. The van der Waals surface area contributed by atoms with Crippen LogP contribution in [0.2, 0.25) is 0 Å². The highest BCUT2D eigenvalue weighted by molar-refractivity contribution is 7.88. The zero-order valence-corrected chi connectivity index (χ0v) is 13.5. The van der Waals surface area contributed by atoms with Crippen LogP contribution >= 0.6 is 0 Å².